The first-order valence-electron chi connectivity index (χ1n) is 6.64. The largest absolute Gasteiger partial charge is 0.373 e. The number of hydrogen-bond acceptors (Lipinski definition) is 3. The first-order chi connectivity index (χ1) is 9.21. The molecule has 1 aromatic carbocycles. The van der Waals surface area contributed by atoms with Crippen molar-refractivity contribution in [2.24, 2.45) is 0 Å². The Morgan fingerprint density at radius 3 is 2.25 bits per heavy atom. The van der Waals surface area contributed by atoms with Crippen LogP contribution in [0.25, 0.3) is 0 Å². The third-order valence-corrected chi connectivity index (χ3v) is 5.84. The molecule has 112 valence electrons. The second-order valence-electron chi connectivity index (χ2n) is 5.45. The third-order valence-electron chi connectivity index (χ3n) is 3.46. The maximum atomic E-state index is 12.8. The summed E-state index contributed by atoms with van der Waals surface area (Å²) in [6, 6.07) is 3.36. The van der Waals surface area contributed by atoms with Crippen LogP contribution >= 0.6 is 11.6 Å². The van der Waals surface area contributed by atoms with Crippen LogP contribution in [0.3, 0.4) is 0 Å². The van der Waals surface area contributed by atoms with Gasteiger partial charge in [-0.1, -0.05) is 11.6 Å². The maximum Gasteiger partial charge on any atom is 0.243 e. The molecule has 0 saturated carbocycles. The highest BCUT2D eigenvalue weighted by molar-refractivity contribution is 7.89. The van der Waals surface area contributed by atoms with E-state index in [1.165, 1.54) is 4.31 Å². The van der Waals surface area contributed by atoms with E-state index in [0.717, 1.165) is 5.56 Å². The summed E-state index contributed by atoms with van der Waals surface area (Å²) in [5.74, 6) is 0. The van der Waals surface area contributed by atoms with Crippen molar-refractivity contribution >= 4 is 21.6 Å². The standard InChI is InChI=1S/C14H20ClNO3S/c1-9-6-14(10(2)5-13(9)15)20(17,18)16-7-11(3)19-12(4)8-16/h5-6,11-12H,7-8H2,1-4H3/t11-,12-/m1/s1. The molecule has 1 fully saturated rings. The van der Waals surface area contributed by atoms with Crippen molar-refractivity contribution < 1.29 is 13.2 Å². The molecule has 4 nitrogen and oxygen atoms in total. The molecule has 1 heterocycles. The number of rotatable bonds is 2. The Morgan fingerprint density at radius 2 is 1.70 bits per heavy atom. The highest BCUT2D eigenvalue weighted by Crippen LogP contribution is 2.28. The van der Waals surface area contributed by atoms with Crippen molar-refractivity contribution in [2.45, 2.75) is 44.8 Å². The molecule has 2 atom stereocenters. The minimum atomic E-state index is -3.50. The van der Waals surface area contributed by atoms with E-state index >= 15 is 0 Å². The summed E-state index contributed by atoms with van der Waals surface area (Å²) in [6.07, 6.45) is -0.190. The first-order valence-corrected chi connectivity index (χ1v) is 8.46. The number of benzene rings is 1. The summed E-state index contributed by atoms with van der Waals surface area (Å²) in [4.78, 5) is 0.334. The van der Waals surface area contributed by atoms with Crippen LogP contribution in [0.2, 0.25) is 5.02 Å². The lowest BCUT2D eigenvalue weighted by Crippen LogP contribution is -2.48. The van der Waals surface area contributed by atoms with Gasteiger partial charge in [0.05, 0.1) is 17.1 Å². The highest BCUT2D eigenvalue weighted by Gasteiger charge is 2.33. The van der Waals surface area contributed by atoms with Gasteiger partial charge in [-0.25, -0.2) is 8.42 Å². The lowest BCUT2D eigenvalue weighted by Gasteiger charge is -2.34. The maximum absolute atomic E-state index is 12.8. The normalized spacial score (nSPS) is 24.9. The summed E-state index contributed by atoms with van der Waals surface area (Å²) < 4.78 is 32.7. The molecular weight excluding hydrogens is 298 g/mol. The van der Waals surface area contributed by atoms with Gasteiger partial charge in [-0.05, 0) is 51.0 Å². The molecule has 1 aliphatic rings. The Hall–Kier alpha value is -0.620. The van der Waals surface area contributed by atoms with Crippen molar-refractivity contribution in [3.05, 3.63) is 28.3 Å². The van der Waals surface area contributed by atoms with Crippen LogP contribution in [0.1, 0.15) is 25.0 Å². The number of nitrogens with zero attached hydrogens (tertiary/aromatic N) is 1. The van der Waals surface area contributed by atoms with Crippen LogP contribution in [0.5, 0.6) is 0 Å². The molecule has 0 bridgehead atoms. The number of hydrogen-bond donors (Lipinski definition) is 0. The zero-order chi connectivity index (χ0) is 15.1. The second-order valence-corrected chi connectivity index (χ2v) is 7.76. The zero-order valence-electron chi connectivity index (χ0n) is 12.2. The molecular formula is C14H20ClNO3S. The Bertz CT molecular complexity index is 605. The number of halogens is 1. The Balaban J connectivity index is 2.42. The van der Waals surface area contributed by atoms with Crippen LogP contribution in [-0.2, 0) is 14.8 Å². The fourth-order valence-electron chi connectivity index (χ4n) is 2.50. The Labute approximate surface area is 125 Å². The number of sulfonamides is 1. The summed E-state index contributed by atoms with van der Waals surface area (Å²) >= 11 is 6.04. The SMILES string of the molecule is Cc1cc(S(=O)(=O)N2C[C@@H](C)O[C@H](C)C2)c(C)cc1Cl. The van der Waals surface area contributed by atoms with Crippen LogP contribution in [0.15, 0.2) is 17.0 Å². The van der Waals surface area contributed by atoms with E-state index in [0.29, 0.717) is 28.6 Å². The van der Waals surface area contributed by atoms with E-state index in [9.17, 15) is 8.42 Å². The van der Waals surface area contributed by atoms with Gasteiger partial charge < -0.3 is 4.74 Å². The van der Waals surface area contributed by atoms with Crippen molar-refractivity contribution in [2.75, 3.05) is 13.1 Å². The number of morpholine rings is 1. The van der Waals surface area contributed by atoms with Crippen molar-refractivity contribution in [3.8, 4) is 0 Å². The van der Waals surface area contributed by atoms with Crippen molar-refractivity contribution in [1.82, 2.24) is 4.31 Å². The Morgan fingerprint density at radius 1 is 1.15 bits per heavy atom. The van der Waals surface area contributed by atoms with Gasteiger partial charge in [0.25, 0.3) is 0 Å². The van der Waals surface area contributed by atoms with Gasteiger partial charge in [0.15, 0.2) is 0 Å². The highest BCUT2D eigenvalue weighted by atomic mass is 35.5. The summed E-state index contributed by atoms with van der Waals surface area (Å²) in [5.41, 5.74) is 1.44. The minimum Gasteiger partial charge on any atom is -0.373 e. The second kappa shape index (κ2) is 5.64. The predicted molar refractivity (Wildman–Crippen MR) is 79.7 cm³/mol. The molecule has 1 aliphatic heterocycles. The van der Waals surface area contributed by atoms with E-state index in [-0.39, 0.29) is 12.2 Å². The van der Waals surface area contributed by atoms with Gasteiger partial charge in [-0.15, -0.1) is 0 Å². The molecule has 20 heavy (non-hydrogen) atoms. The van der Waals surface area contributed by atoms with Crippen LogP contribution in [0.4, 0.5) is 0 Å². The summed E-state index contributed by atoms with van der Waals surface area (Å²) in [7, 11) is -3.50. The fourth-order valence-corrected chi connectivity index (χ4v) is 4.60. The molecule has 0 aromatic heterocycles. The van der Waals surface area contributed by atoms with Crippen LogP contribution in [-0.4, -0.2) is 38.0 Å². The van der Waals surface area contributed by atoms with E-state index in [4.69, 9.17) is 16.3 Å². The number of aryl methyl sites for hydroxylation is 2. The molecule has 6 heteroatoms. The van der Waals surface area contributed by atoms with Crippen molar-refractivity contribution in [1.29, 1.82) is 0 Å². The third kappa shape index (κ3) is 3.01. The lowest BCUT2D eigenvalue weighted by molar-refractivity contribution is -0.0440. The van der Waals surface area contributed by atoms with E-state index in [2.05, 4.69) is 0 Å². The topological polar surface area (TPSA) is 46.6 Å². The van der Waals surface area contributed by atoms with Crippen molar-refractivity contribution in [3.63, 3.8) is 0 Å². The molecule has 2 rings (SSSR count). The average molecular weight is 318 g/mol. The quantitative estimate of drug-likeness (QED) is 0.842. The van der Waals surface area contributed by atoms with Gasteiger partial charge in [-0.3, -0.25) is 0 Å². The van der Waals surface area contributed by atoms with Gasteiger partial charge >= 0.3 is 0 Å². The molecule has 0 aliphatic carbocycles. The average Bonchev–Trinajstić information content (AvgIpc) is 2.32. The molecule has 0 spiro atoms. The predicted octanol–water partition coefficient (Wildman–Crippen LogP) is 2.75. The summed E-state index contributed by atoms with van der Waals surface area (Å²) in [5, 5.41) is 0.588. The van der Waals surface area contributed by atoms with Gasteiger partial charge in [0.1, 0.15) is 0 Å². The smallest absolute Gasteiger partial charge is 0.243 e. The molecule has 0 amide bonds. The summed E-state index contributed by atoms with van der Waals surface area (Å²) in [6.45, 7) is 8.12. The van der Waals surface area contributed by atoms with Gasteiger partial charge in [0, 0.05) is 18.1 Å². The molecule has 0 unspecified atom stereocenters. The minimum absolute atomic E-state index is 0.0952. The molecule has 0 N–H and O–H groups in total. The van der Waals surface area contributed by atoms with Crippen LogP contribution < -0.4 is 0 Å². The zero-order valence-corrected chi connectivity index (χ0v) is 13.8. The molecule has 0 radical (unpaired) electrons. The first kappa shape index (κ1) is 15.8. The molecule has 1 aromatic rings. The van der Waals surface area contributed by atoms with Gasteiger partial charge in [-0.2, -0.15) is 4.31 Å². The molecule has 1 saturated heterocycles. The monoisotopic (exact) mass is 317 g/mol. The van der Waals surface area contributed by atoms with Crippen LogP contribution in [0, 0.1) is 13.8 Å². The van der Waals surface area contributed by atoms with E-state index in [1.54, 1.807) is 19.1 Å². The fraction of sp³-hybridized carbons (Fsp3) is 0.571. The van der Waals surface area contributed by atoms with Gasteiger partial charge in [0.2, 0.25) is 10.0 Å². The number of ether oxygens (including phenoxy) is 1. The Kier molecular flexibility index (Phi) is 4.44. The van der Waals surface area contributed by atoms with E-state index < -0.39 is 10.0 Å². The van der Waals surface area contributed by atoms with E-state index in [1.807, 2.05) is 20.8 Å². The lowest BCUT2D eigenvalue weighted by atomic mass is 10.2.